The van der Waals surface area contributed by atoms with Crippen molar-refractivity contribution in [3.8, 4) is 5.75 Å². The Bertz CT molecular complexity index is 523. The van der Waals surface area contributed by atoms with Crippen LogP contribution in [0.15, 0.2) is 48.5 Å². The van der Waals surface area contributed by atoms with Gasteiger partial charge < -0.3 is 9.84 Å². The van der Waals surface area contributed by atoms with Gasteiger partial charge in [0.05, 0.1) is 12.7 Å². The quantitative estimate of drug-likeness (QED) is 0.878. The summed E-state index contributed by atoms with van der Waals surface area (Å²) in [5.74, 6) is -0.531. The van der Waals surface area contributed by atoms with Crippen LogP contribution in [0, 0.1) is 11.6 Å². The molecule has 0 aliphatic rings. The summed E-state index contributed by atoms with van der Waals surface area (Å²) < 4.78 is 31.5. The molecule has 0 amide bonds. The largest absolute Gasteiger partial charge is 0.493 e. The smallest absolute Gasteiger partial charge is 0.126 e. The van der Waals surface area contributed by atoms with Gasteiger partial charge in [0.1, 0.15) is 17.4 Å². The fourth-order valence-electron chi connectivity index (χ4n) is 1.93. The predicted molar refractivity (Wildman–Crippen MR) is 72.6 cm³/mol. The first-order chi connectivity index (χ1) is 9.63. The van der Waals surface area contributed by atoms with Crippen molar-refractivity contribution in [1.82, 2.24) is 0 Å². The van der Waals surface area contributed by atoms with Crippen molar-refractivity contribution >= 4 is 0 Å². The highest BCUT2D eigenvalue weighted by molar-refractivity contribution is 5.21. The normalized spacial score (nSPS) is 12.2. The molecule has 2 rings (SSSR count). The molecule has 2 aromatic carbocycles. The summed E-state index contributed by atoms with van der Waals surface area (Å²) in [7, 11) is 0. The summed E-state index contributed by atoms with van der Waals surface area (Å²) in [5, 5.41) is 9.84. The van der Waals surface area contributed by atoms with Gasteiger partial charge in [0.15, 0.2) is 0 Å². The monoisotopic (exact) mass is 278 g/mol. The fourth-order valence-corrected chi connectivity index (χ4v) is 1.93. The topological polar surface area (TPSA) is 29.5 Å². The lowest BCUT2D eigenvalue weighted by Crippen LogP contribution is -2.15. The van der Waals surface area contributed by atoms with E-state index in [4.69, 9.17) is 4.74 Å². The van der Waals surface area contributed by atoms with Gasteiger partial charge in [-0.15, -0.1) is 0 Å². The molecule has 0 fully saturated rings. The number of aliphatic hydroxyl groups is 1. The summed E-state index contributed by atoms with van der Waals surface area (Å²) in [6.07, 6.45) is -0.0974. The second kappa shape index (κ2) is 7.01. The van der Waals surface area contributed by atoms with Crippen molar-refractivity contribution in [2.24, 2.45) is 0 Å². The van der Waals surface area contributed by atoms with Crippen LogP contribution in [0.5, 0.6) is 5.75 Å². The van der Waals surface area contributed by atoms with Crippen LogP contribution in [0.25, 0.3) is 0 Å². The van der Waals surface area contributed by atoms with E-state index in [1.807, 2.05) is 30.3 Å². The molecule has 0 saturated heterocycles. The maximum absolute atomic E-state index is 13.0. The Morgan fingerprint density at radius 1 is 1.00 bits per heavy atom. The second-order valence-corrected chi connectivity index (χ2v) is 4.59. The molecule has 0 aromatic heterocycles. The zero-order chi connectivity index (χ0) is 14.4. The van der Waals surface area contributed by atoms with E-state index >= 15 is 0 Å². The number of hydrogen-bond acceptors (Lipinski definition) is 2. The van der Waals surface area contributed by atoms with E-state index in [1.54, 1.807) is 0 Å². The van der Waals surface area contributed by atoms with Crippen LogP contribution in [0.2, 0.25) is 0 Å². The molecule has 1 atom stereocenters. The number of halogens is 2. The average molecular weight is 278 g/mol. The molecule has 0 spiro atoms. The van der Waals surface area contributed by atoms with Gasteiger partial charge in [0, 0.05) is 12.5 Å². The van der Waals surface area contributed by atoms with Crippen molar-refractivity contribution in [3.05, 3.63) is 65.7 Å². The molecular weight excluding hydrogens is 262 g/mol. The Kier molecular flexibility index (Phi) is 5.07. The lowest BCUT2D eigenvalue weighted by molar-refractivity contribution is 0.139. The molecule has 0 heterocycles. The zero-order valence-electron chi connectivity index (χ0n) is 10.9. The highest BCUT2D eigenvalue weighted by Crippen LogP contribution is 2.13. The van der Waals surface area contributed by atoms with E-state index in [0.717, 1.165) is 11.8 Å². The second-order valence-electron chi connectivity index (χ2n) is 4.59. The summed E-state index contributed by atoms with van der Waals surface area (Å²) in [6.45, 7) is 0.350. The molecule has 0 saturated carbocycles. The fraction of sp³-hybridized carbons (Fsp3) is 0.250. The van der Waals surface area contributed by atoms with E-state index in [2.05, 4.69) is 0 Å². The summed E-state index contributed by atoms with van der Waals surface area (Å²) in [6, 6.07) is 12.5. The van der Waals surface area contributed by atoms with Crippen molar-refractivity contribution in [2.75, 3.05) is 6.61 Å². The van der Waals surface area contributed by atoms with Crippen molar-refractivity contribution in [3.63, 3.8) is 0 Å². The van der Waals surface area contributed by atoms with Gasteiger partial charge in [0.2, 0.25) is 0 Å². The van der Waals surface area contributed by atoms with Crippen LogP contribution < -0.4 is 4.74 Å². The van der Waals surface area contributed by atoms with Crippen LogP contribution in [-0.4, -0.2) is 17.8 Å². The van der Waals surface area contributed by atoms with Crippen LogP contribution in [0.3, 0.4) is 0 Å². The minimum atomic E-state index is -0.695. The average Bonchev–Trinajstić information content (AvgIpc) is 2.38. The molecule has 1 N–H and O–H groups in total. The minimum Gasteiger partial charge on any atom is -0.493 e. The Hall–Kier alpha value is -1.94. The maximum Gasteiger partial charge on any atom is 0.126 e. The zero-order valence-corrected chi connectivity index (χ0v) is 10.9. The predicted octanol–water partition coefficient (Wildman–Crippen LogP) is 3.34. The molecule has 106 valence electrons. The molecule has 2 nitrogen and oxygen atoms in total. The molecular formula is C16H16F2O2. The third kappa shape index (κ3) is 4.63. The highest BCUT2D eigenvalue weighted by Gasteiger charge is 2.08. The van der Waals surface area contributed by atoms with E-state index in [0.29, 0.717) is 18.6 Å². The van der Waals surface area contributed by atoms with Gasteiger partial charge in [-0.1, -0.05) is 18.2 Å². The number of aliphatic hydroxyl groups excluding tert-OH is 1. The van der Waals surface area contributed by atoms with Gasteiger partial charge in [-0.05, 0) is 36.2 Å². The summed E-state index contributed by atoms with van der Waals surface area (Å²) in [4.78, 5) is 0. The molecule has 0 aliphatic carbocycles. The number of benzene rings is 2. The van der Waals surface area contributed by atoms with Gasteiger partial charge in [-0.25, -0.2) is 8.78 Å². The van der Waals surface area contributed by atoms with Crippen LogP contribution >= 0.6 is 0 Å². The van der Waals surface area contributed by atoms with Gasteiger partial charge >= 0.3 is 0 Å². The van der Waals surface area contributed by atoms with E-state index in [9.17, 15) is 13.9 Å². The number of para-hydroxylation sites is 1. The van der Waals surface area contributed by atoms with Crippen LogP contribution in [0.4, 0.5) is 8.78 Å². The molecule has 1 unspecified atom stereocenters. The first-order valence-corrected chi connectivity index (χ1v) is 6.44. The molecule has 0 radical (unpaired) electrons. The molecule has 2 aromatic rings. The molecule has 20 heavy (non-hydrogen) atoms. The minimum absolute atomic E-state index is 0.201. The Morgan fingerprint density at radius 3 is 2.30 bits per heavy atom. The molecule has 4 heteroatoms. The number of ether oxygens (including phenoxy) is 1. The number of hydrogen-bond donors (Lipinski definition) is 1. The van der Waals surface area contributed by atoms with Gasteiger partial charge in [-0.3, -0.25) is 0 Å². The van der Waals surface area contributed by atoms with Crippen LogP contribution in [-0.2, 0) is 6.42 Å². The molecule has 0 bridgehead atoms. The Labute approximate surface area is 116 Å². The van der Waals surface area contributed by atoms with Crippen molar-refractivity contribution in [2.45, 2.75) is 18.9 Å². The van der Waals surface area contributed by atoms with Crippen LogP contribution in [0.1, 0.15) is 12.0 Å². The number of rotatable bonds is 6. The van der Waals surface area contributed by atoms with Crippen molar-refractivity contribution < 1.29 is 18.6 Å². The Balaban J connectivity index is 1.79. The summed E-state index contributed by atoms with van der Waals surface area (Å²) in [5.41, 5.74) is 0.440. The lowest BCUT2D eigenvalue weighted by atomic mass is 10.1. The Morgan fingerprint density at radius 2 is 1.65 bits per heavy atom. The first-order valence-electron chi connectivity index (χ1n) is 6.44. The third-order valence-electron chi connectivity index (χ3n) is 2.86. The van der Waals surface area contributed by atoms with E-state index in [1.165, 1.54) is 12.1 Å². The lowest BCUT2D eigenvalue weighted by Gasteiger charge is -2.12. The third-order valence-corrected chi connectivity index (χ3v) is 2.86. The standard InChI is InChI=1S/C16H16F2O2/c17-13-8-12(9-14(18)11-13)10-15(19)6-7-20-16-4-2-1-3-5-16/h1-5,8-9,11,15,19H,6-7,10H2. The van der Waals surface area contributed by atoms with Gasteiger partial charge in [-0.2, -0.15) is 0 Å². The SMILES string of the molecule is OC(CCOc1ccccc1)Cc1cc(F)cc(F)c1. The van der Waals surface area contributed by atoms with E-state index < -0.39 is 17.7 Å². The molecule has 0 aliphatic heterocycles. The van der Waals surface area contributed by atoms with Gasteiger partial charge in [0.25, 0.3) is 0 Å². The first kappa shape index (κ1) is 14.5. The van der Waals surface area contributed by atoms with Crippen molar-refractivity contribution in [1.29, 1.82) is 0 Å². The highest BCUT2D eigenvalue weighted by atomic mass is 19.1. The maximum atomic E-state index is 13.0. The summed E-state index contributed by atoms with van der Waals surface area (Å²) >= 11 is 0. The van der Waals surface area contributed by atoms with E-state index in [-0.39, 0.29) is 6.42 Å².